The van der Waals surface area contributed by atoms with E-state index in [2.05, 4.69) is 0 Å². The Balaban J connectivity index is 2.78. The number of hydrogen-bond acceptors (Lipinski definition) is 2. The van der Waals surface area contributed by atoms with E-state index >= 15 is 0 Å². The molecule has 2 nitrogen and oxygen atoms in total. The summed E-state index contributed by atoms with van der Waals surface area (Å²) in [5.41, 5.74) is 0.446. The molecule has 0 aromatic carbocycles. The molecule has 1 aliphatic carbocycles. The summed E-state index contributed by atoms with van der Waals surface area (Å²) in [4.78, 5) is 23.0. The summed E-state index contributed by atoms with van der Waals surface area (Å²) in [6.07, 6.45) is 3.13. The van der Waals surface area contributed by atoms with Crippen LogP contribution in [-0.4, -0.2) is 11.6 Å². The van der Waals surface area contributed by atoms with Gasteiger partial charge >= 0.3 is 0 Å². The number of Topliss-reactive ketones (excluding diaryl/α,β-unsaturated/α-hetero) is 2. The van der Waals surface area contributed by atoms with E-state index in [1.54, 1.807) is 0 Å². The van der Waals surface area contributed by atoms with Gasteiger partial charge in [-0.25, -0.2) is 0 Å². The summed E-state index contributed by atoms with van der Waals surface area (Å²) in [5, 5.41) is 0. The molecule has 0 radical (unpaired) electrons. The van der Waals surface area contributed by atoms with Crippen molar-refractivity contribution in [2.24, 2.45) is 11.8 Å². The van der Waals surface area contributed by atoms with Crippen molar-refractivity contribution in [2.75, 3.05) is 0 Å². The molecule has 0 saturated carbocycles. The number of carbonyl (C=O) groups excluding carboxylic acids is 2. The fraction of sp³-hybridized carbons (Fsp3) is 0.636. The fourth-order valence-corrected chi connectivity index (χ4v) is 1.51. The molecule has 0 fully saturated rings. The molecule has 1 rings (SSSR count). The maximum atomic E-state index is 11.6. The van der Waals surface area contributed by atoms with E-state index in [1.165, 1.54) is 0 Å². The van der Waals surface area contributed by atoms with Gasteiger partial charge in [0.25, 0.3) is 0 Å². The van der Waals surface area contributed by atoms with Gasteiger partial charge in [-0.15, -0.1) is 0 Å². The number of allylic oxidation sites excluding steroid dienone is 2. The minimum atomic E-state index is -0.0134. The van der Waals surface area contributed by atoms with Crippen LogP contribution in [0.2, 0.25) is 0 Å². The average molecular weight is 180 g/mol. The van der Waals surface area contributed by atoms with Crippen LogP contribution in [0.3, 0.4) is 0 Å². The molecule has 0 aromatic heterocycles. The highest BCUT2D eigenvalue weighted by molar-refractivity contribution is 6.22. The van der Waals surface area contributed by atoms with Gasteiger partial charge in [-0.1, -0.05) is 26.8 Å². The first-order valence-electron chi connectivity index (χ1n) is 4.85. The van der Waals surface area contributed by atoms with Gasteiger partial charge in [0.1, 0.15) is 0 Å². The van der Waals surface area contributed by atoms with Crippen LogP contribution in [-0.2, 0) is 9.59 Å². The van der Waals surface area contributed by atoms with Crippen molar-refractivity contribution in [1.82, 2.24) is 0 Å². The minimum absolute atomic E-state index is 0.0134. The summed E-state index contributed by atoms with van der Waals surface area (Å²) >= 11 is 0. The smallest absolute Gasteiger partial charge is 0.168 e. The molecule has 0 aliphatic heterocycles. The van der Waals surface area contributed by atoms with Gasteiger partial charge in [0.05, 0.1) is 5.57 Å². The van der Waals surface area contributed by atoms with Crippen LogP contribution in [0.15, 0.2) is 11.6 Å². The first-order chi connectivity index (χ1) is 6.06. The van der Waals surface area contributed by atoms with Crippen LogP contribution in [0.25, 0.3) is 0 Å². The second-order valence-corrected chi connectivity index (χ2v) is 3.86. The normalized spacial score (nSPS) is 24.4. The molecular formula is C11H16O2. The summed E-state index contributed by atoms with van der Waals surface area (Å²) in [6.45, 7) is 5.81. The van der Waals surface area contributed by atoms with Crippen molar-refractivity contribution < 1.29 is 9.59 Å². The number of rotatable bonds is 3. The zero-order chi connectivity index (χ0) is 10.0. The molecule has 0 aromatic rings. The summed E-state index contributed by atoms with van der Waals surface area (Å²) in [6, 6.07) is 0. The molecule has 0 spiro atoms. The molecule has 72 valence electrons. The van der Waals surface area contributed by atoms with Gasteiger partial charge in [-0.2, -0.15) is 0 Å². The lowest BCUT2D eigenvalue weighted by Gasteiger charge is -2.06. The maximum absolute atomic E-state index is 11.6. The summed E-state index contributed by atoms with van der Waals surface area (Å²) in [7, 11) is 0. The highest BCUT2D eigenvalue weighted by atomic mass is 16.1. The van der Waals surface area contributed by atoms with Crippen molar-refractivity contribution in [3.05, 3.63) is 11.6 Å². The summed E-state index contributed by atoms with van der Waals surface area (Å²) < 4.78 is 0. The third-order valence-corrected chi connectivity index (χ3v) is 2.58. The number of ketones is 2. The SMILES string of the molecule is CCC(C)C(=O)C1=CC(C)CC1=O. The summed E-state index contributed by atoms with van der Waals surface area (Å²) in [5.74, 6) is 0.283. The molecule has 0 amide bonds. The Labute approximate surface area is 79.0 Å². The second-order valence-electron chi connectivity index (χ2n) is 3.86. The van der Waals surface area contributed by atoms with Crippen molar-refractivity contribution in [3.63, 3.8) is 0 Å². The average Bonchev–Trinajstić information content (AvgIpc) is 2.42. The van der Waals surface area contributed by atoms with Gasteiger partial charge in [0.15, 0.2) is 11.6 Å². The lowest BCUT2D eigenvalue weighted by atomic mass is 9.96. The second kappa shape index (κ2) is 3.86. The van der Waals surface area contributed by atoms with E-state index < -0.39 is 0 Å². The number of hydrogen-bond donors (Lipinski definition) is 0. The standard InChI is InChI=1S/C11H16O2/c1-4-8(3)11(13)9-5-7(2)6-10(9)12/h5,7-8H,4,6H2,1-3H3. The molecule has 2 atom stereocenters. The van der Waals surface area contributed by atoms with E-state index in [1.807, 2.05) is 26.8 Å². The molecule has 2 unspecified atom stereocenters. The van der Waals surface area contributed by atoms with Crippen molar-refractivity contribution in [3.8, 4) is 0 Å². The van der Waals surface area contributed by atoms with Gasteiger partial charge in [0.2, 0.25) is 0 Å². The molecule has 2 heteroatoms. The fourth-order valence-electron chi connectivity index (χ4n) is 1.51. The predicted octanol–water partition coefficient (Wildman–Crippen LogP) is 2.14. The van der Waals surface area contributed by atoms with Gasteiger partial charge in [0, 0.05) is 12.3 Å². The first kappa shape index (κ1) is 10.2. The Morgan fingerprint density at radius 3 is 2.69 bits per heavy atom. The van der Waals surface area contributed by atoms with Crippen LogP contribution >= 0.6 is 0 Å². The van der Waals surface area contributed by atoms with Gasteiger partial charge in [-0.05, 0) is 12.3 Å². The van der Waals surface area contributed by atoms with E-state index in [0.717, 1.165) is 6.42 Å². The lowest BCUT2D eigenvalue weighted by molar-refractivity contribution is -0.123. The van der Waals surface area contributed by atoms with Crippen molar-refractivity contribution in [2.45, 2.75) is 33.6 Å². The highest BCUT2D eigenvalue weighted by Crippen LogP contribution is 2.23. The quantitative estimate of drug-likeness (QED) is 0.623. The van der Waals surface area contributed by atoms with E-state index in [9.17, 15) is 9.59 Å². The lowest BCUT2D eigenvalue weighted by Crippen LogP contribution is -2.16. The van der Waals surface area contributed by atoms with Crippen LogP contribution in [0.4, 0.5) is 0 Å². The Hall–Kier alpha value is -0.920. The number of carbonyl (C=O) groups is 2. The molecule has 1 aliphatic rings. The molecule has 0 heterocycles. The topological polar surface area (TPSA) is 34.1 Å². The molecule has 0 saturated heterocycles. The minimum Gasteiger partial charge on any atom is -0.294 e. The van der Waals surface area contributed by atoms with E-state index in [-0.39, 0.29) is 23.4 Å². The Morgan fingerprint density at radius 1 is 1.69 bits per heavy atom. The Morgan fingerprint density at radius 2 is 2.31 bits per heavy atom. The van der Waals surface area contributed by atoms with Crippen LogP contribution in [0.5, 0.6) is 0 Å². The Kier molecular flexibility index (Phi) is 3.02. The third kappa shape index (κ3) is 2.06. The van der Waals surface area contributed by atoms with Crippen molar-refractivity contribution >= 4 is 11.6 Å². The molecular weight excluding hydrogens is 164 g/mol. The van der Waals surface area contributed by atoms with E-state index in [0.29, 0.717) is 12.0 Å². The molecule has 0 N–H and O–H groups in total. The zero-order valence-electron chi connectivity index (χ0n) is 8.46. The predicted molar refractivity (Wildman–Crippen MR) is 51.3 cm³/mol. The van der Waals surface area contributed by atoms with Gasteiger partial charge < -0.3 is 0 Å². The molecule has 13 heavy (non-hydrogen) atoms. The van der Waals surface area contributed by atoms with Crippen LogP contribution in [0, 0.1) is 11.8 Å². The monoisotopic (exact) mass is 180 g/mol. The van der Waals surface area contributed by atoms with E-state index in [4.69, 9.17) is 0 Å². The third-order valence-electron chi connectivity index (χ3n) is 2.58. The van der Waals surface area contributed by atoms with Crippen LogP contribution in [0.1, 0.15) is 33.6 Å². The maximum Gasteiger partial charge on any atom is 0.168 e. The first-order valence-corrected chi connectivity index (χ1v) is 4.85. The largest absolute Gasteiger partial charge is 0.294 e. The highest BCUT2D eigenvalue weighted by Gasteiger charge is 2.28. The Bertz CT molecular complexity index is 263. The molecule has 0 bridgehead atoms. The van der Waals surface area contributed by atoms with Crippen molar-refractivity contribution in [1.29, 1.82) is 0 Å². The van der Waals surface area contributed by atoms with Gasteiger partial charge in [-0.3, -0.25) is 9.59 Å². The van der Waals surface area contributed by atoms with Crippen LogP contribution < -0.4 is 0 Å². The zero-order valence-corrected chi connectivity index (χ0v) is 8.46.